The molecule has 1 fully saturated rings. The molecule has 2 N–H and O–H groups in total. The van der Waals surface area contributed by atoms with Gasteiger partial charge in [0.1, 0.15) is 6.26 Å². The van der Waals surface area contributed by atoms with Crippen molar-refractivity contribution in [3.8, 4) is 11.5 Å². The fourth-order valence-corrected chi connectivity index (χ4v) is 3.81. The van der Waals surface area contributed by atoms with Crippen molar-refractivity contribution in [1.29, 1.82) is 0 Å². The minimum atomic E-state index is 0.0579. The normalized spacial score (nSPS) is 18.4. The lowest BCUT2D eigenvalue weighted by Crippen LogP contribution is -2.33. The van der Waals surface area contributed by atoms with Crippen molar-refractivity contribution in [2.45, 2.75) is 37.8 Å². The molecular weight excluding hydrogens is 376 g/mol. The summed E-state index contributed by atoms with van der Waals surface area (Å²) in [6, 6.07) is 21.0. The molecule has 30 heavy (non-hydrogen) atoms. The van der Waals surface area contributed by atoms with Gasteiger partial charge in [-0.3, -0.25) is 15.6 Å². The van der Waals surface area contributed by atoms with Crippen molar-refractivity contribution in [3.63, 3.8) is 0 Å². The van der Waals surface area contributed by atoms with Gasteiger partial charge in [0.05, 0.1) is 12.1 Å². The molecule has 1 aliphatic heterocycles. The van der Waals surface area contributed by atoms with Gasteiger partial charge in [-0.05, 0) is 37.0 Å². The van der Waals surface area contributed by atoms with Crippen LogP contribution >= 0.6 is 0 Å². The highest BCUT2D eigenvalue weighted by atomic mass is 16.3. The minimum Gasteiger partial charge on any atom is -0.444 e. The number of aromatic nitrogens is 1. The van der Waals surface area contributed by atoms with E-state index in [9.17, 15) is 4.79 Å². The first-order valence-corrected chi connectivity index (χ1v) is 10.5. The van der Waals surface area contributed by atoms with Crippen LogP contribution in [0.3, 0.4) is 0 Å². The van der Waals surface area contributed by atoms with Crippen LogP contribution in [0.5, 0.6) is 0 Å². The number of carbonyl (C=O) groups is 1. The van der Waals surface area contributed by atoms with Crippen molar-refractivity contribution >= 4 is 5.91 Å². The molecule has 0 spiro atoms. The van der Waals surface area contributed by atoms with E-state index in [2.05, 4.69) is 40.1 Å². The highest BCUT2D eigenvalue weighted by Gasteiger charge is 2.24. The molecule has 4 rings (SSSR count). The first kappa shape index (κ1) is 20.3. The average Bonchev–Trinajstić information content (AvgIpc) is 3.45. The lowest BCUT2D eigenvalue weighted by molar-refractivity contribution is -0.129. The maximum absolute atomic E-state index is 12.5. The number of oxazole rings is 1. The lowest BCUT2D eigenvalue weighted by Gasteiger charge is -2.17. The molecule has 1 aliphatic rings. The summed E-state index contributed by atoms with van der Waals surface area (Å²) < 4.78 is 5.53. The summed E-state index contributed by atoms with van der Waals surface area (Å²) in [4.78, 5) is 18.8. The van der Waals surface area contributed by atoms with E-state index in [-0.39, 0.29) is 12.3 Å². The van der Waals surface area contributed by atoms with E-state index in [0.717, 1.165) is 31.4 Å². The number of benzene rings is 2. The Morgan fingerprint density at radius 1 is 1.10 bits per heavy atom. The van der Waals surface area contributed by atoms with Gasteiger partial charge < -0.3 is 9.32 Å². The Morgan fingerprint density at radius 3 is 2.60 bits per heavy atom. The van der Waals surface area contributed by atoms with E-state index in [1.54, 1.807) is 11.2 Å². The Bertz CT molecular complexity index is 942. The first-order valence-electron chi connectivity index (χ1n) is 10.5. The second-order valence-corrected chi connectivity index (χ2v) is 7.83. The largest absolute Gasteiger partial charge is 0.444 e. The van der Waals surface area contributed by atoms with E-state index < -0.39 is 0 Å². The maximum atomic E-state index is 12.5. The quantitative estimate of drug-likeness (QED) is 0.599. The van der Waals surface area contributed by atoms with Gasteiger partial charge in [-0.25, -0.2) is 4.98 Å². The number of carbonyl (C=O) groups excluding carboxylic acids is 1. The van der Waals surface area contributed by atoms with Gasteiger partial charge in [0, 0.05) is 31.2 Å². The molecule has 0 bridgehead atoms. The van der Waals surface area contributed by atoms with Crippen molar-refractivity contribution in [2.75, 3.05) is 13.6 Å². The van der Waals surface area contributed by atoms with Crippen molar-refractivity contribution in [3.05, 3.63) is 78.2 Å². The molecule has 6 nitrogen and oxygen atoms in total. The topological polar surface area (TPSA) is 70.4 Å². The summed E-state index contributed by atoms with van der Waals surface area (Å²) in [6.07, 6.45) is 4.87. The van der Waals surface area contributed by atoms with Gasteiger partial charge in [-0.2, -0.15) is 0 Å². The predicted molar refractivity (Wildman–Crippen MR) is 116 cm³/mol. The van der Waals surface area contributed by atoms with Crippen LogP contribution < -0.4 is 10.9 Å². The van der Waals surface area contributed by atoms with Crippen LogP contribution in [0.4, 0.5) is 0 Å². The Labute approximate surface area is 177 Å². The third-order valence-electron chi connectivity index (χ3n) is 5.56. The summed E-state index contributed by atoms with van der Waals surface area (Å²) in [5.74, 6) is 0.608. The van der Waals surface area contributed by atoms with Crippen LogP contribution in [-0.2, 0) is 11.2 Å². The van der Waals surface area contributed by atoms with Gasteiger partial charge in [-0.15, -0.1) is 0 Å². The Balaban J connectivity index is 1.20. The number of nitrogens with zero attached hydrogens (tertiary/aromatic N) is 2. The van der Waals surface area contributed by atoms with Gasteiger partial charge in [0.2, 0.25) is 11.8 Å². The van der Waals surface area contributed by atoms with Crippen molar-refractivity contribution in [1.82, 2.24) is 20.7 Å². The molecule has 2 heterocycles. The van der Waals surface area contributed by atoms with Crippen LogP contribution in [0.25, 0.3) is 11.5 Å². The van der Waals surface area contributed by atoms with Crippen LogP contribution in [0.15, 0.2) is 71.3 Å². The molecule has 2 unspecified atom stereocenters. The molecule has 3 aromatic rings. The molecular formula is C24H28N4O2. The third-order valence-corrected chi connectivity index (χ3v) is 5.56. The molecule has 1 saturated heterocycles. The van der Waals surface area contributed by atoms with Crippen molar-refractivity contribution < 1.29 is 9.21 Å². The van der Waals surface area contributed by atoms with E-state index in [4.69, 9.17) is 4.42 Å². The standard InChI is InChI=1S/C24H28N4O2/c1-28(14-8-13-20-15-22(27-26-20)18-9-4-2-5-10-18)23(29)16-21-17-30-24(25-21)19-11-6-3-7-12-19/h2-7,9-12,17,20,22,26-27H,8,13-16H2,1H3. The molecule has 0 aliphatic carbocycles. The molecule has 6 heteroatoms. The van der Waals surface area contributed by atoms with E-state index >= 15 is 0 Å². The molecule has 156 valence electrons. The second-order valence-electron chi connectivity index (χ2n) is 7.83. The maximum Gasteiger partial charge on any atom is 0.228 e. The number of hydrogen-bond acceptors (Lipinski definition) is 5. The molecule has 2 atom stereocenters. The Kier molecular flexibility index (Phi) is 6.57. The van der Waals surface area contributed by atoms with Crippen LogP contribution in [0.2, 0.25) is 0 Å². The average molecular weight is 405 g/mol. The summed E-state index contributed by atoms with van der Waals surface area (Å²) in [5, 5.41) is 0. The fourth-order valence-electron chi connectivity index (χ4n) is 3.81. The molecule has 1 aromatic heterocycles. The third kappa shape index (κ3) is 5.14. The zero-order valence-electron chi connectivity index (χ0n) is 17.3. The highest BCUT2D eigenvalue weighted by Crippen LogP contribution is 2.24. The number of hydrazine groups is 1. The van der Waals surface area contributed by atoms with Gasteiger partial charge >= 0.3 is 0 Å². The van der Waals surface area contributed by atoms with Crippen LogP contribution in [0, 0.1) is 0 Å². The SMILES string of the molecule is CN(CCCC1CC(c2ccccc2)NN1)C(=O)Cc1coc(-c2ccccc2)n1. The van der Waals surface area contributed by atoms with Crippen LogP contribution in [0.1, 0.15) is 36.6 Å². The number of nitrogens with one attached hydrogen (secondary N) is 2. The number of rotatable bonds is 8. The lowest BCUT2D eigenvalue weighted by atomic mass is 10.00. The summed E-state index contributed by atoms with van der Waals surface area (Å²) in [7, 11) is 1.85. The highest BCUT2D eigenvalue weighted by molar-refractivity contribution is 5.78. The summed E-state index contributed by atoms with van der Waals surface area (Å²) in [5.41, 5.74) is 9.66. The first-order chi connectivity index (χ1) is 14.7. The number of amides is 1. The van der Waals surface area contributed by atoms with Gasteiger partial charge in [0.25, 0.3) is 0 Å². The minimum absolute atomic E-state index is 0.0579. The molecule has 0 radical (unpaired) electrons. The number of hydrogen-bond donors (Lipinski definition) is 2. The van der Waals surface area contributed by atoms with E-state index in [1.165, 1.54) is 5.56 Å². The zero-order chi connectivity index (χ0) is 20.8. The zero-order valence-corrected chi connectivity index (χ0v) is 17.3. The summed E-state index contributed by atoms with van der Waals surface area (Å²) >= 11 is 0. The summed E-state index contributed by atoms with van der Waals surface area (Å²) in [6.45, 7) is 0.733. The Morgan fingerprint density at radius 2 is 1.83 bits per heavy atom. The fraction of sp³-hybridized carbons (Fsp3) is 0.333. The van der Waals surface area contributed by atoms with E-state index in [1.807, 2.05) is 43.4 Å². The van der Waals surface area contributed by atoms with E-state index in [0.29, 0.717) is 23.7 Å². The molecule has 2 aromatic carbocycles. The van der Waals surface area contributed by atoms with Crippen molar-refractivity contribution in [2.24, 2.45) is 0 Å². The predicted octanol–water partition coefficient (Wildman–Crippen LogP) is 3.73. The smallest absolute Gasteiger partial charge is 0.228 e. The van der Waals surface area contributed by atoms with Gasteiger partial charge in [-0.1, -0.05) is 48.5 Å². The Hall–Kier alpha value is -2.96. The second kappa shape index (κ2) is 9.69. The molecule has 0 saturated carbocycles. The van der Waals surface area contributed by atoms with Gasteiger partial charge in [0.15, 0.2) is 0 Å². The molecule has 1 amide bonds. The number of likely N-dealkylation sites (N-methyl/N-ethyl adjacent to an activating group) is 1. The van der Waals surface area contributed by atoms with Crippen LogP contribution in [-0.4, -0.2) is 35.4 Å². The monoisotopic (exact) mass is 404 g/mol.